The minimum Gasteiger partial charge on any atom is -0.503 e. The second-order valence-corrected chi connectivity index (χ2v) is 1.83. The molecule has 0 spiro atoms. The van der Waals surface area contributed by atoms with Crippen LogP contribution in [-0.4, -0.2) is 15.0 Å². The van der Waals surface area contributed by atoms with Crippen LogP contribution in [0.3, 0.4) is 0 Å². The number of nitrogens with zero attached hydrogens (tertiary/aromatic N) is 1. The van der Waals surface area contributed by atoms with Crippen molar-refractivity contribution in [3.05, 3.63) is 32.7 Å². The van der Waals surface area contributed by atoms with Crippen molar-refractivity contribution in [2.45, 2.75) is 0 Å². The molecule has 0 saturated heterocycles. The molecule has 0 fully saturated rings. The number of nitrogens with one attached hydrogen (secondary N) is 1. The Morgan fingerprint density at radius 3 is 2.73 bits per heavy atom. The lowest BCUT2D eigenvalue weighted by molar-refractivity contribution is -0.385. The van der Waals surface area contributed by atoms with Crippen LogP contribution in [-0.2, 0) is 0 Å². The van der Waals surface area contributed by atoms with Gasteiger partial charge in [-0.15, -0.1) is 0 Å². The molecule has 0 aliphatic rings. The molecule has 0 atom stereocenters. The number of rotatable bonds is 1. The maximum atomic E-state index is 10.5. The smallest absolute Gasteiger partial charge is 0.290 e. The third kappa shape index (κ3) is 1.34. The number of pyridine rings is 1. The average Bonchev–Trinajstić information content (AvgIpc) is 1.94. The summed E-state index contributed by atoms with van der Waals surface area (Å²) in [5, 5.41) is 18.7. The van der Waals surface area contributed by atoms with E-state index in [4.69, 9.17) is 5.11 Å². The Morgan fingerprint density at radius 1 is 1.64 bits per heavy atom. The van der Waals surface area contributed by atoms with Gasteiger partial charge in [-0.3, -0.25) is 14.9 Å². The average molecular weight is 156 g/mol. The van der Waals surface area contributed by atoms with Gasteiger partial charge in [-0.1, -0.05) is 0 Å². The van der Waals surface area contributed by atoms with Gasteiger partial charge in [-0.25, -0.2) is 0 Å². The van der Waals surface area contributed by atoms with Gasteiger partial charge in [0.05, 0.1) is 17.2 Å². The van der Waals surface area contributed by atoms with Crippen molar-refractivity contribution in [3.63, 3.8) is 0 Å². The van der Waals surface area contributed by atoms with Gasteiger partial charge in [0.25, 0.3) is 11.2 Å². The normalized spacial score (nSPS) is 9.45. The lowest BCUT2D eigenvalue weighted by atomic mass is 10.4. The maximum Gasteiger partial charge on any atom is 0.290 e. The number of aromatic amines is 1. The Hall–Kier alpha value is -1.85. The molecule has 0 aliphatic heterocycles. The van der Waals surface area contributed by atoms with Gasteiger partial charge in [0.2, 0.25) is 0 Å². The Morgan fingerprint density at radius 2 is 2.27 bits per heavy atom. The Bertz CT molecular complexity index is 343. The van der Waals surface area contributed by atoms with E-state index in [2.05, 4.69) is 0 Å². The number of hydrogen-bond donors (Lipinski definition) is 2. The highest BCUT2D eigenvalue weighted by atomic mass is 16.6. The van der Waals surface area contributed by atoms with Gasteiger partial charge in [0, 0.05) is 0 Å². The fourth-order valence-electron chi connectivity index (χ4n) is 0.566. The predicted octanol–water partition coefficient (Wildman–Crippen LogP) is -0.0113. The minimum absolute atomic E-state index is 0.345. The highest BCUT2D eigenvalue weighted by Crippen LogP contribution is 2.10. The molecule has 58 valence electrons. The van der Waals surface area contributed by atoms with Crippen LogP contribution in [0.5, 0.6) is 5.75 Å². The summed E-state index contributed by atoms with van der Waals surface area (Å²) in [6, 6.07) is 0.791. The molecule has 0 aromatic carbocycles. The molecule has 2 N–H and O–H groups in total. The molecule has 0 amide bonds. The van der Waals surface area contributed by atoms with E-state index in [-0.39, 0.29) is 5.69 Å². The zero-order valence-corrected chi connectivity index (χ0v) is 5.27. The SMILES string of the molecule is O=c1[nH]cc([N+](=O)[O-])cc1O. The molecule has 11 heavy (non-hydrogen) atoms. The Labute approximate surface area is 60.3 Å². The van der Waals surface area contributed by atoms with Crippen molar-refractivity contribution in [2.75, 3.05) is 0 Å². The first kappa shape index (κ1) is 7.26. The molecule has 0 saturated carbocycles. The van der Waals surface area contributed by atoms with Crippen molar-refractivity contribution >= 4 is 5.69 Å². The van der Waals surface area contributed by atoms with E-state index in [1.165, 1.54) is 0 Å². The fraction of sp³-hybridized carbons (Fsp3) is 0. The van der Waals surface area contributed by atoms with Gasteiger partial charge < -0.3 is 10.1 Å². The lowest BCUT2D eigenvalue weighted by Gasteiger charge is -1.90. The molecule has 0 aliphatic carbocycles. The summed E-state index contributed by atoms with van der Waals surface area (Å²) in [6.07, 6.45) is 0.919. The molecule has 1 aromatic heterocycles. The van der Waals surface area contributed by atoms with Crippen LogP contribution in [0.15, 0.2) is 17.1 Å². The monoisotopic (exact) mass is 156 g/mol. The predicted molar refractivity (Wildman–Crippen MR) is 35.4 cm³/mol. The first-order chi connectivity index (χ1) is 5.11. The fourth-order valence-corrected chi connectivity index (χ4v) is 0.566. The van der Waals surface area contributed by atoms with Crippen LogP contribution in [0.4, 0.5) is 5.69 Å². The molecule has 1 heterocycles. The third-order valence-electron chi connectivity index (χ3n) is 1.08. The molecule has 0 radical (unpaired) electrons. The second-order valence-electron chi connectivity index (χ2n) is 1.83. The second kappa shape index (κ2) is 2.41. The number of aromatic nitrogens is 1. The van der Waals surface area contributed by atoms with Crippen LogP contribution in [0.1, 0.15) is 0 Å². The van der Waals surface area contributed by atoms with E-state index in [0.717, 1.165) is 12.3 Å². The number of H-pyrrole nitrogens is 1. The van der Waals surface area contributed by atoms with Crippen molar-refractivity contribution in [3.8, 4) is 5.75 Å². The van der Waals surface area contributed by atoms with Crippen LogP contribution in [0.2, 0.25) is 0 Å². The topological polar surface area (TPSA) is 96.2 Å². The summed E-state index contributed by atoms with van der Waals surface area (Å²) >= 11 is 0. The Balaban J connectivity index is 3.26. The molecule has 6 nitrogen and oxygen atoms in total. The van der Waals surface area contributed by atoms with Crippen molar-refractivity contribution in [1.29, 1.82) is 0 Å². The van der Waals surface area contributed by atoms with E-state index < -0.39 is 16.2 Å². The quantitative estimate of drug-likeness (QED) is 0.441. The van der Waals surface area contributed by atoms with Gasteiger partial charge in [-0.2, -0.15) is 0 Å². The number of aromatic hydroxyl groups is 1. The van der Waals surface area contributed by atoms with Crippen molar-refractivity contribution in [1.82, 2.24) is 4.98 Å². The zero-order valence-electron chi connectivity index (χ0n) is 5.27. The first-order valence-electron chi connectivity index (χ1n) is 2.67. The van der Waals surface area contributed by atoms with Gasteiger partial charge in [0.1, 0.15) is 0 Å². The number of nitro groups is 1. The molecule has 1 rings (SSSR count). The summed E-state index contributed by atoms with van der Waals surface area (Å²) in [6.45, 7) is 0. The van der Waals surface area contributed by atoms with Gasteiger partial charge in [-0.05, 0) is 0 Å². The standard InChI is InChI=1S/C5H4N2O4/c8-4-1-3(7(10)11)2-6-5(4)9/h1-2,8H,(H,6,9). The van der Waals surface area contributed by atoms with Gasteiger partial charge >= 0.3 is 0 Å². The molecule has 6 heteroatoms. The summed E-state index contributed by atoms with van der Waals surface area (Å²) < 4.78 is 0. The molecule has 0 unspecified atom stereocenters. The van der Waals surface area contributed by atoms with Crippen molar-refractivity contribution < 1.29 is 10.0 Å². The van der Waals surface area contributed by atoms with Crippen LogP contribution < -0.4 is 5.56 Å². The van der Waals surface area contributed by atoms with Crippen molar-refractivity contribution in [2.24, 2.45) is 0 Å². The zero-order chi connectivity index (χ0) is 8.43. The first-order valence-corrected chi connectivity index (χ1v) is 2.67. The van der Waals surface area contributed by atoms with E-state index in [0.29, 0.717) is 0 Å². The van der Waals surface area contributed by atoms with E-state index in [9.17, 15) is 14.9 Å². The van der Waals surface area contributed by atoms with Crippen LogP contribution in [0.25, 0.3) is 0 Å². The van der Waals surface area contributed by atoms with E-state index in [1.807, 2.05) is 4.98 Å². The van der Waals surface area contributed by atoms with Crippen LogP contribution >= 0.6 is 0 Å². The van der Waals surface area contributed by atoms with Gasteiger partial charge in [0.15, 0.2) is 5.75 Å². The van der Waals surface area contributed by atoms with E-state index >= 15 is 0 Å². The van der Waals surface area contributed by atoms with Crippen LogP contribution in [0, 0.1) is 10.1 Å². The third-order valence-corrected chi connectivity index (χ3v) is 1.08. The van der Waals surface area contributed by atoms with E-state index in [1.54, 1.807) is 0 Å². The minimum atomic E-state index is -0.740. The lowest BCUT2D eigenvalue weighted by Crippen LogP contribution is -2.04. The molecule has 0 bridgehead atoms. The molecular weight excluding hydrogens is 152 g/mol. The Kier molecular flexibility index (Phi) is 1.59. The molecular formula is C5H4N2O4. The highest BCUT2D eigenvalue weighted by Gasteiger charge is 2.07. The summed E-state index contributed by atoms with van der Waals surface area (Å²) in [5.41, 5.74) is -1.09. The summed E-state index contributed by atoms with van der Waals surface area (Å²) in [4.78, 5) is 21.8. The highest BCUT2D eigenvalue weighted by molar-refractivity contribution is 5.32. The maximum absolute atomic E-state index is 10.5. The summed E-state index contributed by atoms with van der Waals surface area (Å²) in [5.74, 6) is -0.654. The summed E-state index contributed by atoms with van der Waals surface area (Å²) in [7, 11) is 0. The molecule has 1 aromatic rings. The largest absolute Gasteiger partial charge is 0.503 e. The number of hydrogen-bond acceptors (Lipinski definition) is 4.